The zero-order valence-electron chi connectivity index (χ0n) is 21.5. The van der Waals surface area contributed by atoms with Crippen LogP contribution in [0.5, 0.6) is 0 Å². The minimum absolute atomic E-state index is 0.0132. The zero-order chi connectivity index (χ0) is 27.0. The Morgan fingerprint density at radius 2 is 2.08 bits per heavy atom. The average molecular weight is 573 g/mol. The fraction of sp³-hybridized carbons (Fsp3) is 0.321. The molecule has 1 amide bonds. The molecule has 1 aliphatic rings. The van der Waals surface area contributed by atoms with Crippen LogP contribution in [0, 0.1) is 16.7 Å². The minimum atomic E-state index is -0.495. The summed E-state index contributed by atoms with van der Waals surface area (Å²) in [5.41, 5.74) is 10.3. The van der Waals surface area contributed by atoms with Gasteiger partial charge in [-0.25, -0.2) is 4.68 Å². The van der Waals surface area contributed by atoms with Gasteiger partial charge in [0.2, 0.25) is 5.91 Å². The number of carbonyl (C=O) groups is 1. The summed E-state index contributed by atoms with van der Waals surface area (Å²) < 4.78 is 2.68. The van der Waals surface area contributed by atoms with Crippen molar-refractivity contribution in [3.8, 4) is 6.07 Å². The molecule has 1 fully saturated rings. The van der Waals surface area contributed by atoms with Crippen molar-refractivity contribution in [2.24, 2.45) is 11.1 Å². The lowest BCUT2D eigenvalue weighted by Crippen LogP contribution is -2.20. The Bertz CT molecular complexity index is 1560. The summed E-state index contributed by atoms with van der Waals surface area (Å²) in [5.74, 6) is -0.495. The third-order valence-electron chi connectivity index (χ3n) is 6.40. The van der Waals surface area contributed by atoms with Crippen LogP contribution in [0.1, 0.15) is 72.9 Å². The van der Waals surface area contributed by atoms with Crippen molar-refractivity contribution in [2.75, 3.05) is 17.2 Å². The second-order valence-corrected chi connectivity index (χ2v) is 11.7. The second kappa shape index (κ2) is 10.1. The molecular formula is C28H29BrN8O. The van der Waals surface area contributed by atoms with E-state index in [0.29, 0.717) is 23.7 Å². The average Bonchev–Trinajstić information content (AvgIpc) is 3.62. The molecule has 0 saturated heterocycles. The number of hydrogen-bond acceptors (Lipinski definition) is 7. The number of amides is 1. The summed E-state index contributed by atoms with van der Waals surface area (Å²) in [4.78, 5) is 16.5. The molecule has 1 atom stereocenters. The van der Waals surface area contributed by atoms with Crippen molar-refractivity contribution in [3.63, 3.8) is 0 Å². The van der Waals surface area contributed by atoms with Crippen LogP contribution in [0.3, 0.4) is 0 Å². The highest BCUT2D eigenvalue weighted by Gasteiger charge is 2.27. The Kier molecular flexibility index (Phi) is 6.80. The Morgan fingerprint density at radius 1 is 1.29 bits per heavy atom. The van der Waals surface area contributed by atoms with Crippen molar-refractivity contribution in [1.29, 1.82) is 5.26 Å². The number of primary amides is 1. The van der Waals surface area contributed by atoms with Gasteiger partial charge in [-0.05, 0) is 64.0 Å². The molecule has 10 heteroatoms. The van der Waals surface area contributed by atoms with Gasteiger partial charge in [0.15, 0.2) is 0 Å². The molecule has 1 unspecified atom stereocenters. The number of nitrogens with two attached hydrogens (primary N) is 1. The molecule has 0 bridgehead atoms. The molecule has 2 aromatic heterocycles. The van der Waals surface area contributed by atoms with Crippen LogP contribution in [0.2, 0.25) is 0 Å². The van der Waals surface area contributed by atoms with Crippen molar-refractivity contribution in [2.45, 2.75) is 45.7 Å². The fourth-order valence-corrected chi connectivity index (χ4v) is 4.84. The normalized spacial score (nSPS) is 14.2. The van der Waals surface area contributed by atoms with Crippen LogP contribution in [-0.2, 0) is 0 Å². The fourth-order valence-electron chi connectivity index (χ4n) is 4.28. The molecule has 2 aromatic carbocycles. The van der Waals surface area contributed by atoms with Crippen molar-refractivity contribution >= 4 is 44.1 Å². The molecule has 1 aliphatic carbocycles. The predicted molar refractivity (Wildman–Crippen MR) is 151 cm³/mol. The Labute approximate surface area is 229 Å². The van der Waals surface area contributed by atoms with Gasteiger partial charge in [-0.15, -0.1) is 5.10 Å². The Morgan fingerprint density at radius 3 is 2.76 bits per heavy atom. The van der Waals surface area contributed by atoms with Gasteiger partial charge in [0, 0.05) is 33.9 Å². The van der Waals surface area contributed by atoms with Gasteiger partial charge in [0.25, 0.3) is 0 Å². The van der Waals surface area contributed by atoms with Crippen LogP contribution in [-0.4, -0.2) is 32.4 Å². The molecular weight excluding hydrogens is 544 g/mol. The highest BCUT2D eigenvalue weighted by Crippen LogP contribution is 2.37. The number of fused-ring (bicyclic) bond motifs is 1. The zero-order valence-corrected chi connectivity index (χ0v) is 23.1. The minimum Gasteiger partial charge on any atom is -0.383 e. The third kappa shape index (κ3) is 5.48. The molecule has 5 rings (SSSR count). The number of halogens is 1. The number of nitrogens with one attached hydrogen (secondary N) is 2. The van der Waals surface area contributed by atoms with E-state index in [1.807, 2.05) is 35.1 Å². The number of rotatable bonds is 8. The van der Waals surface area contributed by atoms with E-state index < -0.39 is 11.9 Å². The molecule has 9 nitrogen and oxygen atoms in total. The lowest BCUT2D eigenvalue weighted by molar-refractivity contribution is 0.1000. The monoisotopic (exact) mass is 572 g/mol. The molecule has 38 heavy (non-hydrogen) atoms. The number of benzene rings is 2. The van der Waals surface area contributed by atoms with Crippen molar-refractivity contribution in [1.82, 2.24) is 20.0 Å². The molecule has 0 aliphatic heterocycles. The first-order valence-electron chi connectivity index (χ1n) is 12.5. The van der Waals surface area contributed by atoms with Crippen LogP contribution >= 0.6 is 15.9 Å². The largest absolute Gasteiger partial charge is 0.383 e. The van der Waals surface area contributed by atoms with E-state index in [2.05, 4.69) is 68.7 Å². The van der Waals surface area contributed by atoms with E-state index >= 15 is 0 Å². The molecule has 0 spiro atoms. The lowest BCUT2D eigenvalue weighted by atomic mass is 9.96. The summed E-state index contributed by atoms with van der Waals surface area (Å²) in [6.45, 7) is 7.09. The number of hydrogen-bond donors (Lipinski definition) is 3. The van der Waals surface area contributed by atoms with Gasteiger partial charge in [-0.3, -0.25) is 9.78 Å². The highest BCUT2D eigenvalue weighted by molar-refractivity contribution is 9.10. The third-order valence-corrected chi connectivity index (χ3v) is 7.01. The number of carbonyl (C=O) groups excluding carboxylic acids is 1. The summed E-state index contributed by atoms with van der Waals surface area (Å²) in [6.07, 6.45) is 5.73. The quantitative estimate of drug-likeness (QED) is 0.251. The first kappa shape index (κ1) is 25.7. The SMILES string of the molecule is CC(C)(C)CNc1c(C#N)cnc2c(Br)cc(NC(c3cccc(C(N)=O)c3)c3cn(C4CC4)nn3)cc12. The van der Waals surface area contributed by atoms with Gasteiger partial charge >= 0.3 is 0 Å². The number of pyridine rings is 1. The molecule has 4 N–H and O–H groups in total. The van der Waals surface area contributed by atoms with Crippen LogP contribution in [0.15, 0.2) is 53.3 Å². The number of nitrogens with zero attached hydrogens (tertiary/aromatic N) is 5. The maximum atomic E-state index is 11.9. The maximum absolute atomic E-state index is 11.9. The van der Waals surface area contributed by atoms with Gasteiger partial charge in [-0.2, -0.15) is 5.26 Å². The summed E-state index contributed by atoms with van der Waals surface area (Å²) in [6, 6.07) is 13.4. The van der Waals surface area contributed by atoms with Crippen molar-refractivity contribution in [3.05, 3.63) is 75.6 Å². The summed E-state index contributed by atoms with van der Waals surface area (Å²) >= 11 is 3.68. The van der Waals surface area contributed by atoms with Crippen LogP contribution in [0.4, 0.5) is 11.4 Å². The van der Waals surface area contributed by atoms with E-state index in [4.69, 9.17) is 5.73 Å². The first-order chi connectivity index (χ1) is 18.1. The second-order valence-electron chi connectivity index (χ2n) is 10.8. The van der Waals surface area contributed by atoms with Crippen LogP contribution < -0.4 is 16.4 Å². The van der Waals surface area contributed by atoms with E-state index in [1.54, 1.807) is 18.3 Å². The number of nitriles is 1. The molecule has 2 heterocycles. The summed E-state index contributed by atoms with van der Waals surface area (Å²) in [5, 5.41) is 26.5. The smallest absolute Gasteiger partial charge is 0.248 e. The van der Waals surface area contributed by atoms with Gasteiger partial charge < -0.3 is 16.4 Å². The summed E-state index contributed by atoms with van der Waals surface area (Å²) in [7, 11) is 0. The van der Waals surface area contributed by atoms with Gasteiger partial charge in [-0.1, -0.05) is 38.1 Å². The maximum Gasteiger partial charge on any atom is 0.248 e. The molecule has 4 aromatic rings. The van der Waals surface area contributed by atoms with Crippen LogP contribution in [0.25, 0.3) is 10.9 Å². The standard InChI is InChI=1S/C28H29BrN8O/c1-28(2,3)15-33-24-18(12-30)13-32-26-21(24)10-19(11-22(26)29)34-25(16-5-4-6-17(9-16)27(31)38)23-14-37(36-35-23)20-7-8-20/h4-6,9-11,13-14,20,25,34H,7-8,15H2,1-3H3,(H2,31,38)(H,32,33). The molecule has 0 radical (unpaired) electrons. The first-order valence-corrected chi connectivity index (χ1v) is 13.3. The number of anilines is 2. The van der Waals surface area contributed by atoms with Gasteiger partial charge in [0.05, 0.1) is 35.0 Å². The lowest BCUT2D eigenvalue weighted by Gasteiger charge is -2.22. The molecule has 1 saturated carbocycles. The Hall–Kier alpha value is -3.97. The van der Waals surface area contributed by atoms with Crippen molar-refractivity contribution < 1.29 is 4.79 Å². The van der Waals surface area contributed by atoms with E-state index in [9.17, 15) is 10.1 Å². The molecule has 194 valence electrons. The highest BCUT2D eigenvalue weighted by atomic mass is 79.9. The van der Waals surface area contributed by atoms with Gasteiger partial charge in [0.1, 0.15) is 11.8 Å². The topological polar surface area (TPSA) is 135 Å². The van der Waals surface area contributed by atoms with E-state index in [-0.39, 0.29) is 5.41 Å². The number of aromatic nitrogens is 4. The van der Waals surface area contributed by atoms with E-state index in [0.717, 1.165) is 50.8 Å². The van der Waals surface area contributed by atoms with E-state index in [1.165, 1.54) is 0 Å². The predicted octanol–water partition coefficient (Wildman–Crippen LogP) is 5.55. The Balaban J connectivity index is 1.59.